The van der Waals surface area contributed by atoms with E-state index in [-0.39, 0.29) is 12.5 Å². The Morgan fingerprint density at radius 3 is 2.39 bits per heavy atom. The number of para-hydroxylation sites is 1. The molecule has 0 radical (unpaired) electrons. The predicted octanol–water partition coefficient (Wildman–Crippen LogP) is 3.33. The molecular weight excluding hydrogens is 248 g/mol. The van der Waals surface area contributed by atoms with Gasteiger partial charge in [0.2, 0.25) is 0 Å². The summed E-state index contributed by atoms with van der Waals surface area (Å²) in [6.07, 6.45) is -0.643. The van der Waals surface area contributed by atoms with Crippen molar-refractivity contribution in [1.82, 2.24) is 0 Å². The average molecular weight is 263 g/mol. The minimum atomic E-state index is -0.643. The molecule has 2 aromatic carbocycles. The Bertz CT molecular complexity index is 485. The van der Waals surface area contributed by atoms with Gasteiger partial charge in [-0.25, -0.2) is 0 Å². The maximum Gasteiger partial charge on any atom is 0.127 e. The number of rotatable bonds is 5. The molecule has 0 aliphatic carbocycles. The maximum atomic E-state index is 9.42. The fourth-order valence-corrected chi connectivity index (χ4v) is 1.77. The molecule has 2 rings (SSSR count). The summed E-state index contributed by atoms with van der Waals surface area (Å²) in [5, 5.41) is 9.42. The molecule has 1 N–H and O–H groups in total. The number of benzene rings is 2. The van der Waals surface area contributed by atoms with Crippen LogP contribution in [-0.2, 0) is 0 Å². The Hall–Kier alpha value is -1.51. The van der Waals surface area contributed by atoms with Crippen molar-refractivity contribution in [3.63, 3.8) is 0 Å². The maximum absolute atomic E-state index is 9.42. The lowest BCUT2D eigenvalue weighted by atomic mass is 10.1. The Morgan fingerprint density at radius 2 is 1.67 bits per heavy atom. The van der Waals surface area contributed by atoms with Gasteiger partial charge in [0.25, 0.3) is 0 Å². The molecule has 0 aliphatic heterocycles. The number of aliphatic hydroxyl groups is 1. The van der Waals surface area contributed by atoms with E-state index in [9.17, 15) is 5.11 Å². The van der Waals surface area contributed by atoms with Gasteiger partial charge < -0.3 is 9.84 Å². The van der Waals surface area contributed by atoms with Crippen molar-refractivity contribution in [2.75, 3.05) is 12.5 Å². The lowest BCUT2D eigenvalue weighted by Gasteiger charge is -2.13. The summed E-state index contributed by atoms with van der Waals surface area (Å²) in [7, 11) is 0. The van der Waals surface area contributed by atoms with E-state index in [4.69, 9.17) is 16.3 Å². The standard InChI is InChI=1S/C15H15ClO2/c16-10-13(17)11-18-15-9-5-4-8-14(15)12-6-2-1-3-7-12/h1-9,13,17H,10-11H2/t13-/m1/s1. The Balaban J connectivity index is 2.21. The van der Waals surface area contributed by atoms with Gasteiger partial charge >= 0.3 is 0 Å². The quantitative estimate of drug-likeness (QED) is 0.838. The molecule has 2 nitrogen and oxygen atoms in total. The SMILES string of the molecule is O[C@H](CCl)COc1ccccc1-c1ccccc1. The summed E-state index contributed by atoms with van der Waals surface area (Å²) in [5.74, 6) is 0.931. The minimum absolute atomic E-state index is 0.174. The number of aliphatic hydroxyl groups excluding tert-OH is 1. The van der Waals surface area contributed by atoms with Crippen LogP contribution in [0.2, 0.25) is 0 Å². The van der Waals surface area contributed by atoms with Gasteiger partial charge in [0.1, 0.15) is 18.5 Å². The molecule has 0 fully saturated rings. The van der Waals surface area contributed by atoms with E-state index >= 15 is 0 Å². The molecule has 0 bridgehead atoms. The zero-order chi connectivity index (χ0) is 12.8. The van der Waals surface area contributed by atoms with Crippen molar-refractivity contribution < 1.29 is 9.84 Å². The van der Waals surface area contributed by atoms with Gasteiger partial charge in [0, 0.05) is 5.56 Å². The third kappa shape index (κ3) is 3.25. The first-order valence-corrected chi connectivity index (χ1v) is 6.36. The van der Waals surface area contributed by atoms with Gasteiger partial charge in [-0.2, -0.15) is 0 Å². The second-order valence-electron chi connectivity index (χ2n) is 3.98. The van der Waals surface area contributed by atoms with E-state index < -0.39 is 6.10 Å². The number of alkyl halides is 1. The lowest BCUT2D eigenvalue weighted by Crippen LogP contribution is -2.19. The van der Waals surface area contributed by atoms with Crippen molar-refractivity contribution in [2.45, 2.75) is 6.10 Å². The highest BCUT2D eigenvalue weighted by molar-refractivity contribution is 6.18. The Labute approximate surface area is 112 Å². The number of hydrogen-bond acceptors (Lipinski definition) is 2. The summed E-state index contributed by atoms with van der Waals surface area (Å²) in [6, 6.07) is 17.8. The minimum Gasteiger partial charge on any atom is -0.490 e. The van der Waals surface area contributed by atoms with Crippen LogP contribution in [0.4, 0.5) is 0 Å². The van der Waals surface area contributed by atoms with Gasteiger partial charge in [0.15, 0.2) is 0 Å². The monoisotopic (exact) mass is 262 g/mol. The first-order chi connectivity index (χ1) is 8.81. The van der Waals surface area contributed by atoms with Crippen LogP contribution in [-0.4, -0.2) is 23.7 Å². The smallest absolute Gasteiger partial charge is 0.127 e. The molecule has 18 heavy (non-hydrogen) atoms. The Morgan fingerprint density at radius 1 is 1.00 bits per heavy atom. The summed E-state index contributed by atoms with van der Waals surface area (Å²) < 4.78 is 5.61. The van der Waals surface area contributed by atoms with Crippen LogP contribution in [0.25, 0.3) is 11.1 Å². The number of ether oxygens (including phenoxy) is 1. The molecule has 0 unspecified atom stereocenters. The largest absolute Gasteiger partial charge is 0.490 e. The molecular formula is C15H15ClO2. The molecule has 94 valence electrons. The van der Waals surface area contributed by atoms with E-state index in [0.29, 0.717) is 0 Å². The topological polar surface area (TPSA) is 29.5 Å². The zero-order valence-corrected chi connectivity index (χ0v) is 10.7. The molecule has 0 spiro atoms. The summed E-state index contributed by atoms with van der Waals surface area (Å²) >= 11 is 5.55. The lowest BCUT2D eigenvalue weighted by molar-refractivity contribution is 0.125. The van der Waals surface area contributed by atoms with Crippen LogP contribution < -0.4 is 4.74 Å². The van der Waals surface area contributed by atoms with Crippen LogP contribution in [0, 0.1) is 0 Å². The molecule has 0 heterocycles. The molecule has 0 saturated carbocycles. The first kappa shape index (κ1) is 12.9. The van der Waals surface area contributed by atoms with Crippen molar-refractivity contribution in [1.29, 1.82) is 0 Å². The second kappa shape index (κ2) is 6.43. The normalized spacial score (nSPS) is 12.1. The van der Waals surface area contributed by atoms with Crippen LogP contribution in [0.3, 0.4) is 0 Å². The number of halogens is 1. The van der Waals surface area contributed by atoms with E-state index in [1.165, 1.54) is 0 Å². The van der Waals surface area contributed by atoms with Crippen molar-refractivity contribution in [3.8, 4) is 16.9 Å². The molecule has 0 aliphatic rings. The Kier molecular flexibility index (Phi) is 4.62. The van der Waals surface area contributed by atoms with Crippen LogP contribution in [0.1, 0.15) is 0 Å². The van der Waals surface area contributed by atoms with Crippen molar-refractivity contribution in [3.05, 3.63) is 54.6 Å². The average Bonchev–Trinajstić information content (AvgIpc) is 2.46. The van der Waals surface area contributed by atoms with E-state index in [2.05, 4.69) is 0 Å². The van der Waals surface area contributed by atoms with Gasteiger partial charge in [-0.1, -0.05) is 48.5 Å². The summed E-state index contributed by atoms with van der Waals surface area (Å²) in [6.45, 7) is 0.202. The van der Waals surface area contributed by atoms with Crippen LogP contribution in [0.15, 0.2) is 54.6 Å². The highest BCUT2D eigenvalue weighted by Crippen LogP contribution is 2.29. The van der Waals surface area contributed by atoms with Crippen molar-refractivity contribution >= 4 is 11.6 Å². The second-order valence-corrected chi connectivity index (χ2v) is 4.29. The predicted molar refractivity (Wildman–Crippen MR) is 74.1 cm³/mol. The summed E-state index contributed by atoms with van der Waals surface area (Å²) in [5.41, 5.74) is 2.10. The molecule has 1 atom stereocenters. The van der Waals surface area contributed by atoms with E-state index in [0.717, 1.165) is 16.9 Å². The van der Waals surface area contributed by atoms with Gasteiger partial charge in [-0.15, -0.1) is 11.6 Å². The zero-order valence-electron chi connectivity index (χ0n) is 9.92. The molecule has 3 heteroatoms. The van der Waals surface area contributed by atoms with Gasteiger partial charge in [-0.3, -0.25) is 0 Å². The highest BCUT2D eigenvalue weighted by atomic mass is 35.5. The van der Waals surface area contributed by atoms with Gasteiger partial charge in [-0.05, 0) is 11.6 Å². The van der Waals surface area contributed by atoms with Crippen molar-refractivity contribution in [2.24, 2.45) is 0 Å². The molecule has 0 amide bonds. The number of hydrogen-bond donors (Lipinski definition) is 1. The third-order valence-corrected chi connectivity index (χ3v) is 2.94. The third-order valence-electron chi connectivity index (χ3n) is 2.58. The molecule has 0 saturated heterocycles. The van der Waals surface area contributed by atoms with Gasteiger partial charge in [0.05, 0.1) is 5.88 Å². The fraction of sp³-hybridized carbons (Fsp3) is 0.200. The fourth-order valence-electron chi connectivity index (χ4n) is 1.68. The van der Waals surface area contributed by atoms with E-state index in [1.807, 2.05) is 54.6 Å². The first-order valence-electron chi connectivity index (χ1n) is 5.82. The highest BCUT2D eigenvalue weighted by Gasteiger charge is 2.07. The van der Waals surface area contributed by atoms with Crippen LogP contribution in [0.5, 0.6) is 5.75 Å². The molecule has 2 aromatic rings. The molecule has 0 aromatic heterocycles. The summed E-state index contributed by atoms with van der Waals surface area (Å²) in [4.78, 5) is 0. The van der Waals surface area contributed by atoms with Crippen LogP contribution >= 0.6 is 11.6 Å². The van der Waals surface area contributed by atoms with E-state index in [1.54, 1.807) is 0 Å².